The summed E-state index contributed by atoms with van der Waals surface area (Å²) < 4.78 is 8.00. The first-order valence-electron chi connectivity index (χ1n) is 12.9. The molecule has 0 bridgehead atoms. The molecule has 0 radical (unpaired) electrons. The van der Waals surface area contributed by atoms with Crippen LogP contribution in [0.1, 0.15) is 82.4 Å². The molecule has 1 N–H and O–H groups in total. The second kappa shape index (κ2) is 10.2. The molecule has 4 rings (SSSR count). The smallest absolute Gasteiger partial charge is 0.252 e. The summed E-state index contributed by atoms with van der Waals surface area (Å²) in [4.78, 5) is 18.8. The number of H-pyrrole nitrogens is 1. The summed E-state index contributed by atoms with van der Waals surface area (Å²) in [6, 6.07) is 6.18. The first-order valence-corrected chi connectivity index (χ1v) is 12.9. The lowest BCUT2D eigenvalue weighted by atomic mass is 9.96. The van der Waals surface area contributed by atoms with E-state index in [2.05, 4.69) is 86.0 Å². The normalized spacial score (nSPS) is 17.7. The summed E-state index contributed by atoms with van der Waals surface area (Å²) in [7, 11) is 0. The van der Waals surface area contributed by atoms with Crippen LogP contribution in [0.15, 0.2) is 23.0 Å². The van der Waals surface area contributed by atoms with Crippen LogP contribution in [-0.4, -0.2) is 49.3 Å². The standard InChI is InChI=1S/C27H40N6O2/c1-8-27(6,7)33-25(29-30-31-33)24(17(2)3)32(16-22-10-9-13-35-22)15-21-14-20-12-11-18(4)19(5)23(20)28-26(21)34/h11-12,14,17,22,24H,8-10,13,15-16H2,1-7H3,(H,28,34)/t22-,24+/m0/s1. The zero-order valence-electron chi connectivity index (χ0n) is 22.3. The minimum atomic E-state index is -0.211. The van der Waals surface area contributed by atoms with Gasteiger partial charge in [-0.3, -0.25) is 9.69 Å². The molecule has 0 saturated carbocycles. The van der Waals surface area contributed by atoms with E-state index in [1.807, 2.05) is 10.7 Å². The molecule has 0 aliphatic carbocycles. The molecule has 8 heteroatoms. The number of tetrazole rings is 1. The molecule has 35 heavy (non-hydrogen) atoms. The van der Waals surface area contributed by atoms with Crippen molar-refractivity contribution in [2.45, 2.75) is 92.0 Å². The molecule has 3 heterocycles. The van der Waals surface area contributed by atoms with Gasteiger partial charge in [-0.15, -0.1) is 5.10 Å². The van der Waals surface area contributed by atoms with Crippen LogP contribution in [0.5, 0.6) is 0 Å². The van der Waals surface area contributed by atoms with Gasteiger partial charge in [-0.2, -0.15) is 0 Å². The second-order valence-electron chi connectivity index (χ2n) is 11.0. The van der Waals surface area contributed by atoms with Crippen molar-refractivity contribution in [1.29, 1.82) is 0 Å². The highest BCUT2D eigenvalue weighted by Crippen LogP contribution is 2.33. The number of ether oxygens (including phenoxy) is 1. The fourth-order valence-electron chi connectivity index (χ4n) is 5.08. The van der Waals surface area contributed by atoms with E-state index in [0.717, 1.165) is 60.3 Å². The molecule has 190 valence electrons. The summed E-state index contributed by atoms with van der Waals surface area (Å²) in [6.07, 6.45) is 3.15. The van der Waals surface area contributed by atoms with Gasteiger partial charge < -0.3 is 9.72 Å². The first-order chi connectivity index (χ1) is 16.6. The Morgan fingerprint density at radius 1 is 1.29 bits per heavy atom. The van der Waals surface area contributed by atoms with Crippen molar-refractivity contribution in [3.8, 4) is 0 Å². The van der Waals surface area contributed by atoms with E-state index < -0.39 is 0 Å². The Morgan fingerprint density at radius 3 is 2.71 bits per heavy atom. The van der Waals surface area contributed by atoms with E-state index in [1.165, 1.54) is 5.56 Å². The van der Waals surface area contributed by atoms with E-state index in [1.54, 1.807) is 0 Å². The molecule has 8 nitrogen and oxygen atoms in total. The van der Waals surface area contributed by atoms with Gasteiger partial charge in [0.15, 0.2) is 5.82 Å². The quantitative estimate of drug-likeness (QED) is 0.479. The number of aromatic nitrogens is 5. The Morgan fingerprint density at radius 2 is 2.06 bits per heavy atom. The van der Waals surface area contributed by atoms with E-state index in [-0.39, 0.29) is 29.2 Å². The van der Waals surface area contributed by atoms with Gasteiger partial charge in [0, 0.05) is 25.3 Å². The molecule has 0 unspecified atom stereocenters. The minimum absolute atomic E-state index is 0.0421. The molecule has 1 aliphatic rings. The summed E-state index contributed by atoms with van der Waals surface area (Å²) in [5.74, 6) is 1.08. The number of rotatable bonds is 9. The van der Waals surface area contributed by atoms with Gasteiger partial charge in [0.25, 0.3) is 5.56 Å². The van der Waals surface area contributed by atoms with Gasteiger partial charge in [-0.1, -0.05) is 32.9 Å². The number of nitrogens with one attached hydrogen (secondary N) is 1. The summed E-state index contributed by atoms with van der Waals surface area (Å²) in [5, 5.41) is 14.0. The van der Waals surface area contributed by atoms with Crippen LogP contribution in [0.3, 0.4) is 0 Å². The highest BCUT2D eigenvalue weighted by molar-refractivity contribution is 5.83. The second-order valence-corrected chi connectivity index (χ2v) is 11.0. The maximum Gasteiger partial charge on any atom is 0.252 e. The van der Waals surface area contributed by atoms with Gasteiger partial charge in [0.05, 0.1) is 23.2 Å². The van der Waals surface area contributed by atoms with Crippen LogP contribution in [0, 0.1) is 19.8 Å². The lowest BCUT2D eigenvalue weighted by Crippen LogP contribution is -2.41. The van der Waals surface area contributed by atoms with Crippen molar-refractivity contribution in [3.63, 3.8) is 0 Å². The number of nitrogens with zero attached hydrogens (tertiary/aromatic N) is 5. The SMILES string of the molecule is CCC(C)(C)n1nnnc1[C@@H](C(C)C)N(Cc1cc2ccc(C)c(C)c2[nH]c1=O)C[C@@H]1CCCO1. The summed E-state index contributed by atoms with van der Waals surface area (Å²) >= 11 is 0. The van der Waals surface area contributed by atoms with E-state index in [0.29, 0.717) is 6.54 Å². The highest BCUT2D eigenvalue weighted by Gasteiger charge is 2.35. The summed E-state index contributed by atoms with van der Waals surface area (Å²) in [5.41, 5.74) is 3.70. The third-order valence-corrected chi connectivity index (χ3v) is 7.69. The molecule has 2 atom stereocenters. The average molecular weight is 481 g/mol. The minimum Gasteiger partial charge on any atom is -0.377 e. The zero-order chi connectivity index (χ0) is 25.3. The van der Waals surface area contributed by atoms with Crippen LogP contribution >= 0.6 is 0 Å². The van der Waals surface area contributed by atoms with Gasteiger partial charge >= 0.3 is 0 Å². The predicted molar refractivity (Wildman–Crippen MR) is 138 cm³/mol. The third kappa shape index (κ3) is 5.19. The number of pyridine rings is 1. The Hall–Kier alpha value is -2.58. The van der Waals surface area contributed by atoms with Gasteiger partial charge in [-0.05, 0) is 85.9 Å². The van der Waals surface area contributed by atoms with Crippen molar-refractivity contribution >= 4 is 10.9 Å². The maximum absolute atomic E-state index is 13.3. The Kier molecular flexibility index (Phi) is 7.43. The third-order valence-electron chi connectivity index (χ3n) is 7.69. The Bertz CT molecular complexity index is 1220. The Labute approximate surface area is 208 Å². The number of benzene rings is 1. The lowest BCUT2D eigenvalue weighted by molar-refractivity contribution is 0.0368. The van der Waals surface area contributed by atoms with Crippen LogP contribution in [0.25, 0.3) is 10.9 Å². The predicted octanol–water partition coefficient (Wildman–Crippen LogP) is 4.65. The molecule has 2 aromatic heterocycles. The zero-order valence-corrected chi connectivity index (χ0v) is 22.3. The average Bonchev–Trinajstić information content (AvgIpc) is 3.50. The first kappa shape index (κ1) is 25.5. The number of hydrogen-bond acceptors (Lipinski definition) is 6. The topological polar surface area (TPSA) is 88.9 Å². The molecule has 0 amide bonds. The van der Waals surface area contributed by atoms with Crippen molar-refractivity contribution < 1.29 is 4.74 Å². The number of aromatic amines is 1. The number of fused-ring (bicyclic) bond motifs is 1. The molecular weight excluding hydrogens is 440 g/mol. The van der Waals surface area contributed by atoms with Crippen molar-refractivity contribution in [1.82, 2.24) is 30.1 Å². The highest BCUT2D eigenvalue weighted by atomic mass is 16.5. The van der Waals surface area contributed by atoms with Gasteiger partial charge in [-0.25, -0.2) is 4.68 Å². The van der Waals surface area contributed by atoms with Gasteiger partial charge in [0.2, 0.25) is 0 Å². The van der Waals surface area contributed by atoms with Gasteiger partial charge in [0.1, 0.15) is 0 Å². The fraction of sp³-hybridized carbons (Fsp3) is 0.630. The van der Waals surface area contributed by atoms with Crippen molar-refractivity contribution in [2.24, 2.45) is 5.92 Å². The maximum atomic E-state index is 13.3. The largest absolute Gasteiger partial charge is 0.377 e. The van der Waals surface area contributed by atoms with E-state index in [9.17, 15) is 4.79 Å². The van der Waals surface area contributed by atoms with Crippen LogP contribution < -0.4 is 5.56 Å². The molecule has 1 aliphatic heterocycles. The Balaban J connectivity index is 1.77. The van der Waals surface area contributed by atoms with Crippen molar-refractivity contribution in [2.75, 3.05) is 13.2 Å². The molecule has 1 aromatic carbocycles. The molecule has 1 saturated heterocycles. The van der Waals surface area contributed by atoms with Crippen LogP contribution in [0.4, 0.5) is 0 Å². The fourth-order valence-corrected chi connectivity index (χ4v) is 5.08. The molecule has 1 fully saturated rings. The summed E-state index contributed by atoms with van der Waals surface area (Å²) in [6.45, 7) is 17.0. The molecular formula is C27H40N6O2. The van der Waals surface area contributed by atoms with Crippen LogP contribution in [0.2, 0.25) is 0 Å². The number of hydrogen-bond donors (Lipinski definition) is 1. The van der Waals surface area contributed by atoms with Crippen LogP contribution in [-0.2, 0) is 16.8 Å². The van der Waals surface area contributed by atoms with E-state index >= 15 is 0 Å². The van der Waals surface area contributed by atoms with Crippen molar-refractivity contribution in [3.05, 3.63) is 51.1 Å². The number of aryl methyl sites for hydroxylation is 2. The lowest BCUT2D eigenvalue weighted by Gasteiger charge is -2.36. The van der Waals surface area contributed by atoms with E-state index in [4.69, 9.17) is 4.74 Å². The molecule has 3 aromatic rings. The molecule has 0 spiro atoms. The monoisotopic (exact) mass is 480 g/mol.